The average Bonchev–Trinajstić information content (AvgIpc) is 3.50. The number of rotatable bonds is 6. The summed E-state index contributed by atoms with van der Waals surface area (Å²) in [6, 6.07) is 16.6. The minimum Gasteiger partial charge on any atom is -0.457 e. The molecular weight excluding hydrogens is 410 g/mol. The highest BCUT2D eigenvalue weighted by Crippen LogP contribution is 2.27. The van der Waals surface area contributed by atoms with Crippen LogP contribution in [0, 0.1) is 13.8 Å². The van der Waals surface area contributed by atoms with Gasteiger partial charge in [0.2, 0.25) is 11.5 Å². The Labute approximate surface area is 183 Å². The smallest absolute Gasteiger partial charge is 0.379 e. The molecule has 7 heteroatoms. The minimum absolute atomic E-state index is 0.0417. The van der Waals surface area contributed by atoms with E-state index in [2.05, 4.69) is 4.99 Å². The molecule has 0 aliphatic heterocycles. The molecule has 0 aliphatic carbocycles. The maximum Gasteiger partial charge on any atom is 0.379 e. The standard InChI is InChI=1S/C25H19NO6/c1-16-7-9-19(13-17(16)2)26-15-18-8-10-20(31-24(27)21-5-3-11-29-21)14-23(18)32-25(28)22-6-4-12-30-22/h3-15H,1-2H3. The van der Waals surface area contributed by atoms with Crippen molar-refractivity contribution in [2.75, 3.05) is 0 Å². The van der Waals surface area contributed by atoms with Crippen LogP contribution in [0.4, 0.5) is 5.69 Å². The van der Waals surface area contributed by atoms with Crippen LogP contribution in [0.2, 0.25) is 0 Å². The number of nitrogens with zero attached hydrogens (tertiary/aromatic N) is 1. The van der Waals surface area contributed by atoms with Gasteiger partial charge in [0.15, 0.2) is 0 Å². The first-order chi connectivity index (χ1) is 15.5. The quantitative estimate of drug-likeness (QED) is 0.222. The molecule has 0 atom stereocenters. The lowest BCUT2D eigenvalue weighted by molar-refractivity contribution is 0.0698. The molecule has 0 unspecified atom stereocenters. The van der Waals surface area contributed by atoms with Crippen LogP contribution in [0.15, 0.2) is 87.0 Å². The number of benzene rings is 2. The fourth-order valence-corrected chi connectivity index (χ4v) is 2.82. The second kappa shape index (κ2) is 9.18. The molecule has 0 amide bonds. The summed E-state index contributed by atoms with van der Waals surface area (Å²) in [6.45, 7) is 4.03. The fraction of sp³-hybridized carbons (Fsp3) is 0.0800. The summed E-state index contributed by atoms with van der Waals surface area (Å²) >= 11 is 0. The van der Waals surface area contributed by atoms with Crippen LogP contribution >= 0.6 is 0 Å². The maximum atomic E-state index is 12.4. The second-order valence-electron chi connectivity index (χ2n) is 6.96. The summed E-state index contributed by atoms with van der Waals surface area (Å²) in [6.07, 6.45) is 4.33. The van der Waals surface area contributed by atoms with Crippen molar-refractivity contribution in [3.8, 4) is 11.5 Å². The third-order valence-electron chi connectivity index (χ3n) is 4.69. The van der Waals surface area contributed by atoms with E-state index in [9.17, 15) is 9.59 Å². The van der Waals surface area contributed by atoms with E-state index in [4.69, 9.17) is 18.3 Å². The number of aliphatic imine (C=N–C) groups is 1. The van der Waals surface area contributed by atoms with Gasteiger partial charge in [0.1, 0.15) is 11.5 Å². The first-order valence-electron chi connectivity index (χ1n) is 9.76. The van der Waals surface area contributed by atoms with Crippen molar-refractivity contribution in [3.63, 3.8) is 0 Å². The van der Waals surface area contributed by atoms with E-state index >= 15 is 0 Å². The monoisotopic (exact) mass is 429 g/mol. The van der Waals surface area contributed by atoms with Crippen molar-refractivity contribution in [1.82, 2.24) is 0 Å². The summed E-state index contributed by atoms with van der Waals surface area (Å²) in [4.78, 5) is 29.1. The molecule has 4 aromatic rings. The van der Waals surface area contributed by atoms with Gasteiger partial charge in [-0.15, -0.1) is 0 Å². The fourth-order valence-electron chi connectivity index (χ4n) is 2.82. The van der Waals surface area contributed by atoms with E-state index in [1.54, 1.807) is 30.5 Å². The van der Waals surface area contributed by atoms with Crippen LogP contribution in [-0.2, 0) is 0 Å². The molecule has 0 saturated carbocycles. The van der Waals surface area contributed by atoms with Crippen molar-refractivity contribution >= 4 is 23.8 Å². The number of esters is 2. The molecule has 0 radical (unpaired) electrons. The lowest BCUT2D eigenvalue weighted by atomic mass is 10.1. The molecule has 0 aliphatic rings. The topological polar surface area (TPSA) is 91.2 Å². The largest absolute Gasteiger partial charge is 0.457 e. The molecular formula is C25H19NO6. The molecule has 2 heterocycles. The zero-order chi connectivity index (χ0) is 22.5. The lowest BCUT2D eigenvalue weighted by Gasteiger charge is -2.09. The van der Waals surface area contributed by atoms with Gasteiger partial charge in [0.05, 0.1) is 18.2 Å². The number of carbonyl (C=O) groups is 2. The van der Waals surface area contributed by atoms with Crippen LogP contribution < -0.4 is 9.47 Å². The van der Waals surface area contributed by atoms with Crippen LogP contribution in [0.3, 0.4) is 0 Å². The number of hydrogen-bond donors (Lipinski definition) is 0. The van der Waals surface area contributed by atoms with E-state index in [-0.39, 0.29) is 23.0 Å². The van der Waals surface area contributed by atoms with Crippen molar-refractivity contribution < 1.29 is 27.9 Å². The zero-order valence-electron chi connectivity index (χ0n) is 17.4. The molecule has 2 aromatic carbocycles. The van der Waals surface area contributed by atoms with Gasteiger partial charge < -0.3 is 18.3 Å². The summed E-state index contributed by atoms with van der Waals surface area (Å²) in [5.41, 5.74) is 3.55. The van der Waals surface area contributed by atoms with Crippen molar-refractivity contribution in [1.29, 1.82) is 0 Å². The number of ether oxygens (including phenoxy) is 2. The molecule has 0 spiro atoms. The predicted octanol–water partition coefficient (Wildman–Crippen LogP) is 5.68. The molecule has 0 fully saturated rings. The lowest BCUT2D eigenvalue weighted by Crippen LogP contribution is -2.10. The highest BCUT2D eigenvalue weighted by Gasteiger charge is 2.17. The Kier molecular flexibility index (Phi) is 5.98. The zero-order valence-corrected chi connectivity index (χ0v) is 17.4. The average molecular weight is 429 g/mol. The van der Waals surface area contributed by atoms with Crippen molar-refractivity contribution in [3.05, 3.63) is 101 Å². The van der Waals surface area contributed by atoms with Crippen molar-refractivity contribution in [2.45, 2.75) is 13.8 Å². The molecule has 160 valence electrons. The Morgan fingerprint density at radius 1 is 0.812 bits per heavy atom. The van der Waals surface area contributed by atoms with Crippen LogP contribution in [0.25, 0.3) is 0 Å². The Morgan fingerprint density at radius 3 is 2.12 bits per heavy atom. The third-order valence-corrected chi connectivity index (χ3v) is 4.69. The molecule has 0 saturated heterocycles. The van der Waals surface area contributed by atoms with Gasteiger partial charge in [-0.25, -0.2) is 9.59 Å². The Bertz CT molecular complexity index is 1270. The predicted molar refractivity (Wildman–Crippen MR) is 117 cm³/mol. The number of carbonyl (C=O) groups excluding carboxylic acids is 2. The van der Waals surface area contributed by atoms with Gasteiger partial charge in [-0.3, -0.25) is 4.99 Å². The highest BCUT2D eigenvalue weighted by molar-refractivity contribution is 5.92. The number of aryl methyl sites for hydroxylation is 2. The molecule has 7 nitrogen and oxygen atoms in total. The maximum absolute atomic E-state index is 12.4. The molecule has 2 aromatic heterocycles. The summed E-state index contributed by atoms with van der Waals surface area (Å²) in [7, 11) is 0. The molecule has 4 rings (SSSR count). The number of furan rings is 2. The Morgan fingerprint density at radius 2 is 1.50 bits per heavy atom. The summed E-state index contributed by atoms with van der Waals surface area (Å²) < 4.78 is 21.0. The van der Waals surface area contributed by atoms with Crippen molar-refractivity contribution in [2.24, 2.45) is 4.99 Å². The van der Waals surface area contributed by atoms with Crippen LogP contribution in [-0.4, -0.2) is 18.2 Å². The Balaban J connectivity index is 1.62. The van der Waals surface area contributed by atoms with E-state index in [0.29, 0.717) is 5.56 Å². The number of hydrogen-bond acceptors (Lipinski definition) is 7. The first-order valence-corrected chi connectivity index (χ1v) is 9.76. The molecule has 32 heavy (non-hydrogen) atoms. The normalized spacial score (nSPS) is 10.9. The first kappa shape index (κ1) is 20.9. The van der Waals surface area contributed by atoms with E-state index in [1.165, 1.54) is 36.3 Å². The SMILES string of the molecule is Cc1ccc(N=Cc2ccc(OC(=O)c3ccco3)cc2OC(=O)c2ccco2)cc1C. The Hall–Kier alpha value is -4.39. The second-order valence-corrected chi connectivity index (χ2v) is 6.96. The van der Waals surface area contributed by atoms with E-state index < -0.39 is 11.9 Å². The highest BCUT2D eigenvalue weighted by atomic mass is 16.6. The van der Waals surface area contributed by atoms with Gasteiger partial charge >= 0.3 is 11.9 Å². The van der Waals surface area contributed by atoms with Crippen LogP contribution in [0.1, 0.15) is 37.8 Å². The van der Waals surface area contributed by atoms with Gasteiger partial charge in [-0.1, -0.05) is 6.07 Å². The molecule has 0 N–H and O–H groups in total. The molecule has 0 bridgehead atoms. The van der Waals surface area contributed by atoms with E-state index in [1.807, 2.05) is 32.0 Å². The van der Waals surface area contributed by atoms with E-state index in [0.717, 1.165) is 11.3 Å². The van der Waals surface area contributed by atoms with Gasteiger partial charge in [0.25, 0.3) is 0 Å². The third kappa shape index (κ3) is 4.84. The van der Waals surface area contributed by atoms with Gasteiger partial charge in [-0.05, 0) is 73.5 Å². The summed E-state index contributed by atoms with van der Waals surface area (Å²) in [5, 5.41) is 0. The van der Waals surface area contributed by atoms with Gasteiger partial charge in [0, 0.05) is 17.8 Å². The minimum atomic E-state index is -0.689. The van der Waals surface area contributed by atoms with Gasteiger partial charge in [-0.2, -0.15) is 0 Å². The van der Waals surface area contributed by atoms with Crippen LogP contribution in [0.5, 0.6) is 11.5 Å². The summed E-state index contributed by atoms with van der Waals surface area (Å²) in [5.74, 6) is -0.930.